The van der Waals surface area contributed by atoms with Crippen LogP contribution in [0.1, 0.15) is 24.9 Å². The van der Waals surface area contributed by atoms with E-state index in [1.165, 1.54) is 18.5 Å². The summed E-state index contributed by atoms with van der Waals surface area (Å²) >= 11 is 0. The van der Waals surface area contributed by atoms with E-state index >= 15 is 0 Å². The summed E-state index contributed by atoms with van der Waals surface area (Å²) in [4.78, 5) is 5.06. The second kappa shape index (κ2) is 7.04. The summed E-state index contributed by atoms with van der Waals surface area (Å²) in [6, 6.07) is 11.4. The summed E-state index contributed by atoms with van der Waals surface area (Å²) in [6.07, 6.45) is 1.20. The van der Waals surface area contributed by atoms with E-state index in [0.29, 0.717) is 12.0 Å². The summed E-state index contributed by atoms with van der Waals surface area (Å²) in [5, 5.41) is 0. The van der Waals surface area contributed by atoms with Crippen LogP contribution in [0.25, 0.3) is 0 Å². The third kappa shape index (κ3) is 4.03. The molecule has 2 atom stereocenters. The maximum absolute atomic E-state index is 5.73. The van der Waals surface area contributed by atoms with Gasteiger partial charge in [0, 0.05) is 25.7 Å². The van der Waals surface area contributed by atoms with Crippen molar-refractivity contribution >= 4 is 0 Å². The summed E-state index contributed by atoms with van der Waals surface area (Å²) in [5.74, 6) is 0.621. The normalized spacial score (nSPS) is 23.4. The molecule has 1 aromatic carbocycles. The Labute approximate surface area is 117 Å². The monoisotopic (exact) mass is 261 g/mol. The van der Waals surface area contributed by atoms with Crippen LogP contribution in [0.15, 0.2) is 30.3 Å². The van der Waals surface area contributed by atoms with Crippen LogP contribution in [0.4, 0.5) is 0 Å². The van der Waals surface area contributed by atoms with E-state index in [-0.39, 0.29) is 0 Å². The van der Waals surface area contributed by atoms with Crippen molar-refractivity contribution in [3.63, 3.8) is 0 Å². The first-order valence-electron chi connectivity index (χ1n) is 7.38. The van der Waals surface area contributed by atoms with Crippen LogP contribution in [0.5, 0.6) is 0 Å². The highest BCUT2D eigenvalue weighted by atomic mass is 15.3. The summed E-state index contributed by atoms with van der Waals surface area (Å²) < 4.78 is 0. The first-order valence-corrected chi connectivity index (χ1v) is 7.38. The molecule has 106 valence electrons. The standard InChI is InChI=1S/C16H27N3/c1-14(12-17)8-9-19-11-10-18(2)13-16(19)15-6-4-3-5-7-15/h3-7,14,16H,8-13,17H2,1-2H3. The number of hydrogen-bond donors (Lipinski definition) is 1. The van der Waals surface area contributed by atoms with Gasteiger partial charge < -0.3 is 10.6 Å². The fourth-order valence-electron chi connectivity index (χ4n) is 2.72. The fraction of sp³-hybridized carbons (Fsp3) is 0.625. The van der Waals surface area contributed by atoms with Gasteiger partial charge in [-0.3, -0.25) is 4.90 Å². The average molecular weight is 261 g/mol. The minimum absolute atomic E-state index is 0.532. The highest BCUT2D eigenvalue weighted by Gasteiger charge is 2.26. The third-order valence-corrected chi connectivity index (χ3v) is 4.19. The molecule has 1 aromatic rings. The Morgan fingerprint density at radius 2 is 2.00 bits per heavy atom. The predicted molar refractivity (Wildman–Crippen MR) is 81.1 cm³/mol. The molecule has 1 fully saturated rings. The molecule has 3 heteroatoms. The number of nitrogens with zero attached hydrogens (tertiary/aromatic N) is 2. The Hall–Kier alpha value is -0.900. The van der Waals surface area contributed by atoms with Gasteiger partial charge in [-0.1, -0.05) is 37.3 Å². The maximum Gasteiger partial charge on any atom is 0.0475 e. The van der Waals surface area contributed by atoms with Crippen molar-refractivity contribution in [2.75, 3.05) is 39.8 Å². The Morgan fingerprint density at radius 1 is 1.26 bits per heavy atom. The van der Waals surface area contributed by atoms with E-state index in [1.807, 2.05) is 0 Å². The van der Waals surface area contributed by atoms with Gasteiger partial charge in [-0.2, -0.15) is 0 Å². The van der Waals surface area contributed by atoms with Gasteiger partial charge in [0.25, 0.3) is 0 Å². The van der Waals surface area contributed by atoms with Gasteiger partial charge in [0.15, 0.2) is 0 Å². The quantitative estimate of drug-likeness (QED) is 0.879. The number of rotatable bonds is 5. The topological polar surface area (TPSA) is 32.5 Å². The molecule has 3 nitrogen and oxygen atoms in total. The lowest BCUT2D eigenvalue weighted by molar-refractivity contribution is 0.0852. The van der Waals surface area contributed by atoms with Crippen LogP contribution in [0.3, 0.4) is 0 Å². The van der Waals surface area contributed by atoms with E-state index in [2.05, 4.69) is 54.1 Å². The molecule has 0 bridgehead atoms. The van der Waals surface area contributed by atoms with Crippen molar-refractivity contribution < 1.29 is 0 Å². The van der Waals surface area contributed by atoms with Gasteiger partial charge in [-0.25, -0.2) is 0 Å². The molecule has 19 heavy (non-hydrogen) atoms. The first kappa shape index (κ1) is 14.5. The number of piperazine rings is 1. The molecule has 1 aliphatic rings. The van der Waals surface area contributed by atoms with Gasteiger partial charge in [0.1, 0.15) is 0 Å². The number of nitrogens with two attached hydrogens (primary N) is 1. The number of likely N-dealkylation sites (N-methyl/N-ethyl adjacent to an activating group) is 1. The summed E-state index contributed by atoms with van der Waals surface area (Å²) in [5.41, 5.74) is 7.17. The van der Waals surface area contributed by atoms with E-state index in [9.17, 15) is 0 Å². The second-order valence-corrected chi connectivity index (χ2v) is 5.85. The van der Waals surface area contributed by atoms with Crippen molar-refractivity contribution in [2.24, 2.45) is 11.7 Å². The van der Waals surface area contributed by atoms with Crippen molar-refractivity contribution in [1.82, 2.24) is 9.80 Å². The van der Waals surface area contributed by atoms with Gasteiger partial charge in [-0.15, -0.1) is 0 Å². The lowest BCUT2D eigenvalue weighted by atomic mass is 10.0. The maximum atomic E-state index is 5.73. The van der Waals surface area contributed by atoms with Crippen LogP contribution < -0.4 is 5.73 Å². The number of benzene rings is 1. The first-order chi connectivity index (χ1) is 9.20. The molecule has 1 saturated heterocycles. The van der Waals surface area contributed by atoms with E-state index < -0.39 is 0 Å². The largest absolute Gasteiger partial charge is 0.330 e. The van der Waals surface area contributed by atoms with Crippen molar-refractivity contribution in [3.8, 4) is 0 Å². The van der Waals surface area contributed by atoms with Gasteiger partial charge >= 0.3 is 0 Å². The van der Waals surface area contributed by atoms with Crippen molar-refractivity contribution in [2.45, 2.75) is 19.4 Å². The highest BCUT2D eigenvalue weighted by Crippen LogP contribution is 2.25. The molecule has 2 rings (SSSR count). The molecule has 0 aromatic heterocycles. The van der Waals surface area contributed by atoms with Crippen LogP contribution in [0, 0.1) is 5.92 Å². The minimum Gasteiger partial charge on any atom is -0.330 e. The minimum atomic E-state index is 0.532. The second-order valence-electron chi connectivity index (χ2n) is 5.85. The molecule has 0 radical (unpaired) electrons. The van der Waals surface area contributed by atoms with E-state index in [1.54, 1.807) is 0 Å². The van der Waals surface area contributed by atoms with E-state index in [0.717, 1.165) is 26.2 Å². The predicted octanol–water partition coefficient (Wildman–Crippen LogP) is 1.96. The van der Waals surface area contributed by atoms with Gasteiger partial charge in [0.05, 0.1) is 0 Å². The van der Waals surface area contributed by atoms with Gasteiger partial charge in [-0.05, 0) is 38.0 Å². The molecular weight excluding hydrogens is 234 g/mol. The summed E-state index contributed by atoms with van der Waals surface area (Å²) in [7, 11) is 2.22. The fourth-order valence-corrected chi connectivity index (χ4v) is 2.72. The molecule has 2 N–H and O–H groups in total. The Balaban J connectivity index is 2.02. The molecule has 1 aliphatic heterocycles. The van der Waals surface area contributed by atoms with Crippen molar-refractivity contribution in [3.05, 3.63) is 35.9 Å². The van der Waals surface area contributed by atoms with Crippen LogP contribution >= 0.6 is 0 Å². The molecule has 1 heterocycles. The molecule has 0 spiro atoms. The lowest BCUT2D eigenvalue weighted by Crippen LogP contribution is -2.47. The van der Waals surface area contributed by atoms with Crippen LogP contribution in [-0.2, 0) is 0 Å². The molecular formula is C16H27N3. The Kier molecular flexibility index (Phi) is 5.37. The van der Waals surface area contributed by atoms with Crippen molar-refractivity contribution in [1.29, 1.82) is 0 Å². The molecule has 0 amide bonds. The van der Waals surface area contributed by atoms with Crippen LogP contribution in [-0.4, -0.2) is 49.6 Å². The SMILES string of the molecule is CC(CN)CCN1CCN(C)CC1c1ccccc1. The third-order valence-electron chi connectivity index (χ3n) is 4.19. The molecule has 2 unspecified atom stereocenters. The molecule has 0 aliphatic carbocycles. The van der Waals surface area contributed by atoms with E-state index in [4.69, 9.17) is 5.73 Å². The Bertz CT molecular complexity index is 366. The zero-order valence-corrected chi connectivity index (χ0v) is 12.3. The highest BCUT2D eigenvalue weighted by molar-refractivity contribution is 5.20. The smallest absolute Gasteiger partial charge is 0.0475 e. The van der Waals surface area contributed by atoms with Gasteiger partial charge in [0.2, 0.25) is 0 Å². The Morgan fingerprint density at radius 3 is 2.68 bits per heavy atom. The zero-order valence-electron chi connectivity index (χ0n) is 12.3. The van der Waals surface area contributed by atoms with Crippen LogP contribution in [0.2, 0.25) is 0 Å². The molecule has 0 saturated carbocycles. The zero-order chi connectivity index (χ0) is 13.7. The lowest BCUT2D eigenvalue weighted by Gasteiger charge is -2.40. The average Bonchev–Trinajstić information content (AvgIpc) is 2.46. The summed E-state index contributed by atoms with van der Waals surface area (Å²) in [6.45, 7) is 7.65. The number of hydrogen-bond acceptors (Lipinski definition) is 3.